The average molecular weight is 233 g/mol. The molecule has 2 aromatic rings. The van der Waals surface area contributed by atoms with Crippen molar-refractivity contribution in [3.05, 3.63) is 35.3 Å². The molecule has 5 heteroatoms. The quantitative estimate of drug-likeness (QED) is 0.851. The molecule has 1 aromatic carbocycles. The number of thiazole rings is 1. The Labute approximate surface area is 97.1 Å². The summed E-state index contributed by atoms with van der Waals surface area (Å²) in [4.78, 5) is 15.1. The number of nitrogens with zero attached hydrogens (tertiary/aromatic N) is 1. The minimum absolute atomic E-state index is 0.311. The first-order chi connectivity index (χ1) is 7.72. The molecule has 0 fully saturated rings. The van der Waals surface area contributed by atoms with E-state index in [1.54, 1.807) is 5.38 Å². The lowest BCUT2D eigenvalue weighted by molar-refractivity contribution is 0.0996. The Hall–Kier alpha value is -1.88. The Balaban J connectivity index is 2.46. The number of anilines is 1. The second-order valence-electron chi connectivity index (χ2n) is 3.20. The van der Waals surface area contributed by atoms with Crippen molar-refractivity contribution < 1.29 is 4.79 Å². The van der Waals surface area contributed by atoms with Crippen LogP contribution in [0, 0.1) is 0 Å². The Morgan fingerprint density at radius 2 is 2.19 bits per heavy atom. The van der Waals surface area contributed by atoms with Crippen molar-refractivity contribution in [2.45, 2.75) is 0 Å². The largest absolute Gasteiger partial charge is 0.388 e. The van der Waals surface area contributed by atoms with Gasteiger partial charge in [-0.1, -0.05) is 12.1 Å². The highest BCUT2D eigenvalue weighted by molar-refractivity contribution is 7.13. The molecule has 82 valence electrons. The minimum atomic E-state index is -0.496. The van der Waals surface area contributed by atoms with Crippen LogP contribution in [0.25, 0.3) is 10.6 Å². The summed E-state index contributed by atoms with van der Waals surface area (Å²) in [6.07, 6.45) is 0. The number of hydrogen-bond donors (Lipinski definition) is 2. The Bertz CT molecular complexity index is 521. The fraction of sp³-hybridized carbons (Fsp3) is 0.0909. The maximum absolute atomic E-state index is 11.0. The first-order valence-electron chi connectivity index (χ1n) is 4.75. The molecule has 0 unspecified atom stereocenters. The number of carbonyl (C=O) groups is 1. The van der Waals surface area contributed by atoms with E-state index in [1.165, 1.54) is 11.3 Å². The molecule has 1 heterocycles. The molecule has 3 N–H and O–H groups in total. The van der Waals surface area contributed by atoms with Crippen molar-refractivity contribution >= 4 is 22.9 Å². The molecule has 0 aliphatic rings. The van der Waals surface area contributed by atoms with Gasteiger partial charge in [-0.3, -0.25) is 4.79 Å². The number of nitrogens with two attached hydrogens (primary N) is 1. The van der Waals surface area contributed by atoms with Crippen LogP contribution < -0.4 is 11.1 Å². The van der Waals surface area contributed by atoms with Gasteiger partial charge in [-0.05, 0) is 12.1 Å². The van der Waals surface area contributed by atoms with E-state index in [-0.39, 0.29) is 0 Å². The summed E-state index contributed by atoms with van der Waals surface area (Å²) >= 11 is 1.41. The van der Waals surface area contributed by atoms with E-state index in [0.29, 0.717) is 5.69 Å². The third-order valence-corrected chi connectivity index (χ3v) is 3.06. The second kappa shape index (κ2) is 4.32. The molecule has 0 atom stereocenters. The zero-order chi connectivity index (χ0) is 11.5. The topological polar surface area (TPSA) is 68.0 Å². The van der Waals surface area contributed by atoms with Crippen LogP contribution in [0.2, 0.25) is 0 Å². The summed E-state index contributed by atoms with van der Waals surface area (Å²) in [5, 5.41) is 5.54. The molecule has 16 heavy (non-hydrogen) atoms. The van der Waals surface area contributed by atoms with Gasteiger partial charge < -0.3 is 11.1 Å². The SMILES string of the molecule is CNc1ccccc1-c1nc(C(N)=O)cs1. The van der Waals surface area contributed by atoms with Gasteiger partial charge in [0.15, 0.2) is 0 Å². The van der Waals surface area contributed by atoms with Crippen molar-refractivity contribution in [2.24, 2.45) is 5.73 Å². The van der Waals surface area contributed by atoms with Crippen LogP contribution in [0.15, 0.2) is 29.6 Å². The maximum Gasteiger partial charge on any atom is 0.268 e. The van der Waals surface area contributed by atoms with E-state index < -0.39 is 5.91 Å². The highest BCUT2D eigenvalue weighted by Crippen LogP contribution is 2.29. The Morgan fingerprint density at radius 1 is 1.44 bits per heavy atom. The second-order valence-corrected chi connectivity index (χ2v) is 4.06. The number of benzene rings is 1. The number of carbonyl (C=O) groups excluding carboxylic acids is 1. The minimum Gasteiger partial charge on any atom is -0.388 e. The van der Waals surface area contributed by atoms with Gasteiger partial charge in [0.05, 0.1) is 0 Å². The van der Waals surface area contributed by atoms with Gasteiger partial charge in [0.25, 0.3) is 5.91 Å². The van der Waals surface area contributed by atoms with Crippen LogP contribution >= 0.6 is 11.3 Å². The molecular formula is C11H11N3OS. The summed E-state index contributed by atoms with van der Waals surface area (Å²) in [5.41, 5.74) is 7.43. The summed E-state index contributed by atoms with van der Waals surface area (Å²) in [6, 6.07) is 7.79. The third kappa shape index (κ3) is 1.90. The Morgan fingerprint density at radius 3 is 2.81 bits per heavy atom. The fourth-order valence-electron chi connectivity index (χ4n) is 1.40. The van der Waals surface area contributed by atoms with Gasteiger partial charge in [-0.2, -0.15) is 0 Å². The molecule has 0 radical (unpaired) electrons. The highest BCUT2D eigenvalue weighted by Gasteiger charge is 2.10. The van der Waals surface area contributed by atoms with Crippen LogP contribution in [0.3, 0.4) is 0 Å². The van der Waals surface area contributed by atoms with Crippen LogP contribution in [0.5, 0.6) is 0 Å². The van der Waals surface area contributed by atoms with E-state index in [2.05, 4.69) is 10.3 Å². The number of rotatable bonds is 3. The molecule has 2 rings (SSSR count). The molecular weight excluding hydrogens is 222 g/mol. The van der Waals surface area contributed by atoms with E-state index in [4.69, 9.17) is 5.73 Å². The number of amides is 1. The monoisotopic (exact) mass is 233 g/mol. The smallest absolute Gasteiger partial charge is 0.268 e. The lowest BCUT2D eigenvalue weighted by atomic mass is 10.2. The number of para-hydroxylation sites is 1. The zero-order valence-electron chi connectivity index (χ0n) is 8.73. The summed E-state index contributed by atoms with van der Waals surface area (Å²) in [7, 11) is 1.85. The third-order valence-electron chi connectivity index (χ3n) is 2.18. The van der Waals surface area contributed by atoms with Gasteiger partial charge in [0.2, 0.25) is 0 Å². The van der Waals surface area contributed by atoms with Crippen LogP contribution in [0.1, 0.15) is 10.5 Å². The number of aromatic nitrogens is 1. The number of nitrogens with one attached hydrogen (secondary N) is 1. The van der Waals surface area contributed by atoms with Crippen molar-refractivity contribution in [1.29, 1.82) is 0 Å². The predicted octanol–water partition coefficient (Wildman–Crippen LogP) is 1.95. The van der Waals surface area contributed by atoms with E-state index in [0.717, 1.165) is 16.3 Å². The van der Waals surface area contributed by atoms with Crippen LogP contribution in [0.4, 0.5) is 5.69 Å². The van der Waals surface area contributed by atoms with Crippen LogP contribution in [-0.4, -0.2) is 17.9 Å². The number of primary amides is 1. The average Bonchev–Trinajstić information content (AvgIpc) is 2.78. The standard InChI is InChI=1S/C11H11N3OS/c1-13-8-5-3-2-4-7(8)11-14-9(6-16-11)10(12)15/h2-6,13H,1H3,(H2,12,15). The molecule has 4 nitrogen and oxygen atoms in total. The van der Waals surface area contributed by atoms with Crippen molar-refractivity contribution in [1.82, 2.24) is 4.98 Å². The van der Waals surface area contributed by atoms with Gasteiger partial charge in [0, 0.05) is 23.7 Å². The molecule has 0 saturated heterocycles. The summed E-state index contributed by atoms with van der Waals surface area (Å²) in [6.45, 7) is 0. The summed E-state index contributed by atoms with van der Waals surface area (Å²) < 4.78 is 0. The van der Waals surface area contributed by atoms with E-state index in [9.17, 15) is 4.79 Å². The van der Waals surface area contributed by atoms with Gasteiger partial charge in [-0.25, -0.2) is 4.98 Å². The molecule has 0 aliphatic carbocycles. The highest BCUT2D eigenvalue weighted by atomic mass is 32.1. The molecule has 1 aromatic heterocycles. The molecule has 1 amide bonds. The summed E-state index contributed by atoms with van der Waals surface area (Å²) in [5.74, 6) is -0.496. The van der Waals surface area contributed by atoms with E-state index in [1.807, 2.05) is 31.3 Å². The molecule has 0 spiro atoms. The van der Waals surface area contributed by atoms with Crippen LogP contribution in [-0.2, 0) is 0 Å². The zero-order valence-corrected chi connectivity index (χ0v) is 9.54. The maximum atomic E-state index is 11.0. The lowest BCUT2D eigenvalue weighted by Gasteiger charge is -2.05. The van der Waals surface area contributed by atoms with Gasteiger partial charge >= 0.3 is 0 Å². The predicted molar refractivity (Wildman–Crippen MR) is 65.6 cm³/mol. The van der Waals surface area contributed by atoms with Crippen molar-refractivity contribution in [3.8, 4) is 10.6 Å². The van der Waals surface area contributed by atoms with Crippen molar-refractivity contribution in [3.63, 3.8) is 0 Å². The Kier molecular flexibility index (Phi) is 2.87. The fourth-order valence-corrected chi connectivity index (χ4v) is 2.25. The first-order valence-corrected chi connectivity index (χ1v) is 5.63. The lowest BCUT2D eigenvalue weighted by Crippen LogP contribution is -2.11. The molecule has 0 aliphatic heterocycles. The van der Waals surface area contributed by atoms with E-state index >= 15 is 0 Å². The van der Waals surface area contributed by atoms with Gasteiger partial charge in [0.1, 0.15) is 10.7 Å². The number of hydrogen-bond acceptors (Lipinski definition) is 4. The first kappa shape index (κ1) is 10.6. The molecule has 0 bridgehead atoms. The normalized spacial score (nSPS) is 10.1. The van der Waals surface area contributed by atoms with Gasteiger partial charge in [-0.15, -0.1) is 11.3 Å². The molecule has 0 saturated carbocycles. The van der Waals surface area contributed by atoms with Crippen molar-refractivity contribution in [2.75, 3.05) is 12.4 Å².